The quantitative estimate of drug-likeness (QED) is 0.765. The van der Waals surface area contributed by atoms with Crippen LogP contribution in [0.4, 0.5) is 0 Å². The van der Waals surface area contributed by atoms with Crippen LogP contribution in [0.1, 0.15) is 48.7 Å². The van der Waals surface area contributed by atoms with E-state index in [-0.39, 0.29) is 17.7 Å². The van der Waals surface area contributed by atoms with Gasteiger partial charge in [0.1, 0.15) is 0 Å². The number of pyridine rings is 1. The standard InChI is InChI=1S/C15H22N2O3/c1-11-3-2-6-15(7-11,10-18)17-9-13-5-4-12(8-16-13)14(19)20/h4-5,8,11,17-18H,2-3,6-7,9-10H2,1H3,(H,19,20). The first-order valence-electron chi connectivity index (χ1n) is 7.09. The summed E-state index contributed by atoms with van der Waals surface area (Å²) in [7, 11) is 0. The minimum absolute atomic E-state index is 0.130. The van der Waals surface area contributed by atoms with Gasteiger partial charge in [-0.3, -0.25) is 4.98 Å². The Morgan fingerprint density at radius 1 is 1.55 bits per heavy atom. The van der Waals surface area contributed by atoms with Crippen LogP contribution in [0.25, 0.3) is 0 Å². The molecular formula is C15H22N2O3. The van der Waals surface area contributed by atoms with Gasteiger partial charge in [0, 0.05) is 18.3 Å². The molecule has 1 aromatic heterocycles. The van der Waals surface area contributed by atoms with E-state index in [9.17, 15) is 9.90 Å². The molecule has 110 valence electrons. The lowest BCUT2D eigenvalue weighted by Gasteiger charge is -2.39. The van der Waals surface area contributed by atoms with Crippen molar-refractivity contribution in [3.05, 3.63) is 29.6 Å². The van der Waals surface area contributed by atoms with E-state index in [0.29, 0.717) is 12.5 Å². The van der Waals surface area contributed by atoms with Gasteiger partial charge in [0.15, 0.2) is 0 Å². The molecule has 2 rings (SSSR count). The molecule has 1 saturated carbocycles. The highest BCUT2D eigenvalue weighted by Crippen LogP contribution is 2.32. The summed E-state index contributed by atoms with van der Waals surface area (Å²) in [5.74, 6) is -0.351. The summed E-state index contributed by atoms with van der Waals surface area (Å²) in [6.45, 7) is 2.89. The zero-order chi connectivity index (χ0) is 14.6. The van der Waals surface area contributed by atoms with Crippen molar-refractivity contribution in [1.29, 1.82) is 0 Å². The molecule has 1 aliphatic carbocycles. The van der Waals surface area contributed by atoms with E-state index < -0.39 is 5.97 Å². The number of hydrogen-bond acceptors (Lipinski definition) is 4. The van der Waals surface area contributed by atoms with Crippen LogP contribution in [-0.2, 0) is 6.54 Å². The maximum atomic E-state index is 10.8. The van der Waals surface area contributed by atoms with Crippen LogP contribution < -0.4 is 5.32 Å². The molecule has 0 bridgehead atoms. The molecule has 20 heavy (non-hydrogen) atoms. The first-order valence-corrected chi connectivity index (χ1v) is 7.09. The molecule has 5 nitrogen and oxygen atoms in total. The third-order valence-corrected chi connectivity index (χ3v) is 4.11. The van der Waals surface area contributed by atoms with E-state index in [0.717, 1.165) is 25.0 Å². The lowest BCUT2D eigenvalue weighted by atomic mass is 9.77. The molecule has 0 aromatic carbocycles. The lowest BCUT2D eigenvalue weighted by molar-refractivity contribution is 0.0696. The summed E-state index contributed by atoms with van der Waals surface area (Å²) in [5.41, 5.74) is 0.767. The molecule has 0 saturated heterocycles. The van der Waals surface area contributed by atoms with Gasteiger partial charge in [-0.2, -0.15) is 0 Å². The number of hydrogen-bond donors (Lipinski definition) is 3. The van der Waals surface area contributed by atoms with E-state index >= 15 is 0 Å². The number of carboxylic acids is 1. The van der Waals surface area contributed by atoms with Gasteiger partial charge in [-0.25, -0.2) is 4.79 Å². The number of aliphatic hydroxyl groups excluding tert-OH is 1. The molecule has 3 N–H and O–H groups in total. The first-order chi connectivity index (χ1) is 9.54. The molecule has 1 aliphatic rings. The maximum Gasteiger partial charge on any atom is 0.337 e. The molecular weight excluding hydrogens is 256 g/mol. The zero-order valence-electron chi connectivity index (χ0n) is 11.8. The number of nitrogens with zero attached hydrogens (tertiary/aromatic N) is 1. The van der Waals surface area contributed by atoms with Gasteiger partial charge in [0.25, 0.3) is 0 Å². The monoisotopic (exact) mass is 278 g/mol. The van der Waals surface area contributed by atoms with Crippen LogP contribution in [-0.4, -0.2) is 33.3 Å². The molecule has 5 heteroatoms. The number of carboxylic acid groups (broad SMARTS) is 1. The number of nitrogens with one attached hydrogen (secondary N) is 1. The van der Waals surface area contributed by atoms with Gasteiger partial charge >= 0.3 is 5.97 Å². The van der Waals surface area contributed by atoms with Crippen molar-refractivity contribution >= 4 is 5.97 Å². The van der Waals surface area contributed by atoms with Crippen LogP contribution in [0, 0.1) is 5.92 Å². The van der Waals surface area contributed by atoms with E-state index in [1.54, 1.807) is 12.1 Å². The van der Waals surface area contributed by atoms with Crippen LogP contribution in [0.5, 0.6) is 0 Å². The second kappa shape index (κ2) is 6.33. The minimum Gasteiger partial charge on any atom is -0.478 e. The summed E-state index contributed by atoms with van der Waals surface area (Å²) in [6, 6.07) is 3.27. The Morgan fingerprint density at radius 3 is 2.90 bits per heavy atom. The highest BCUT2D eigenvalue weighted by molar-refractivity contribution is 5.87. The predicted molar refractivity (Wildman–Crippen MR) is 75.5 cm³/mol. The number of carbonyl (C=O) groups is 1. The summed E-state index contributed by atoms with van der Waals surface area (Å²) in [4.78, 5) is 14.9. The first kappa shape index (κ1) is 14.9. The minimum atomic E-state index is -0.968. The number of aromatic nitrogens is 1. The van der Waals surface area contributed by atoms with E-state index in [1.165, 1.54) is 12.6 Å². The van der Waals surface area contributed by atoms with E-state index in [2.05, 4.69) is 17.2 Å². The average molecular weight is 278 g/mol. The Kier molecular flexibility index (Phi) is 4.73. The fraction of sp³-hybridized carbons (Fsp3) is 0.600. The second-order valence-corrected chi connectivity index (χ2v) is 5.84. The Balaban J connectivity index is 1.97. The Labute approximate surface area is 119 Å². The topological polar surface area (TPSA) is 82.5 Å². The molecule has 1 fully saturated rings. The normalized spacial score (nSPS) is 26.4. The van der Waals surface area contributed by atoms with Crippen molar-refractivity contribution in [2.75, 3.05) is 6.61 Å². The Bertz CT molecular complexity index is 461. The number of rotatable bonds is 5. The second-order valence-electron chi connectivity index (χ2n) is 5.84. The maximum absolute atomic E-state index is 10.8. The van der Waals surface area contributed by atoms with Crippen LogP contribution >= 0.6 is 0 Å². The molecule has 0 radical (unpaired) electrons. The van der Waals surface area contributed by atoms with Crippen molar-refractivity contribution in [2.45, 2.75) is 44.7 Å². The molecule has 0 aliphatic heterocycles. The van der Waals surface area contributed by atoms with Crippen molar-refractivity contribution in [2.24, 2.45) is 5.92 Å². The van der Waals surface area contributed by atoms with Crippen LogP contribution in [0.15, 0.2) is 18.3 Å². The molecule has 1 aromatic rings. The average Bonchev–Trinajstić information content (AvgIpc) is 2.45. The van der Waals surface area contributed by atoms with Crippen LogP contribution in [0.2, 0.25) is 0 Å². The summed E-state index contributed by atoms with van der Waals surface area (Å²) >= 11 is 0. The third-order valence-electron chi connectivity index (χ3n) is 4.11. The Hall–Kier alpha value is -1.46. The largest absolute Gasteiger partial charge is 0.478 e. The van der Waals surface area contributed by atoms with Crippen molar-refractivity contribution in [1.82, 2.24) is 10.3 Å². The highest BCUT2D eigenvalue weighted by Gasteiger charge is 2.33. The van der Waals surface area contributed by atoms with Gasteiger partial charge in [0.2, 0.25) is 0 Å². The molecule has 1 heterocycles. The van der Waals surface area contributed by atoms with Crippen molar-refractivity contribution in [3.8, 4) is 0 Å². The summed E-state index contributed by atoms with van der Waals surface area (Å²) in [5, 5.41) is 21.9. The van der Waals surface area contributed by atoms with E-state index in [1.807, 2.05) is 0 Å². The van der Waals surface area contributed by atoms with Gasteiger partial charge in [-0.1, -0.05) is 19.8 Å². The molecule has 0 spiro atoms. The zero-order valence-corrected chi connectivity index (χ0v) is 11.8. The Morgan fingerprint density at radius 2 is 2.35 bits per heavy atom. The fourth-order valence-corrected chi connectivity index (χ4v) is 2.95. The van der Waals surface area contributed by atoms with Gasteiger partial charge in [-0.05, 0) is 30.9 Å². The molecule has 2 unspecified atom stereocenters. The summed E-state index contributed by atoms with van der Waals surface area (Å²) < 4.78 is 0. The third kappa shape index (κ3) is 3.55. The lowest BCUT2D eigenvalue weighted by Crippen LogP contribution is -2.51. The van der Waals surface area contributed by atoms with E-state index in [4.69, 9.17) is 5.11 Å². The number of aromatic carboxylic acids is 1. The van der Waals surface area contributed by atoms with Gasteiger partial charge in [0.05, 0.1) is 17.9 Å². The fourth-order valence-electron chi connectivity index (χ4n) is 2.95. The summed E-state index contributed by atoms with van der Waals surface area (Å²) in [6.07, 6.45) is 5.65. The van der Waals surface area contributed by atoms with Crippen molar-refractivity contribution in [3.63, 3.8) is 0 Å². The van der Waals surface area contributed by atoms with Crippen molar-refractivity contribution < 1.29 is 15.0 Å². The van der Waals surface area contributed by atoms with Gasteiger partial charge < -0.3 is 15.5 Å². The SMILES string of the molecule is CC1CCCC(CO)(NCc2ccc(C(=O)O)cn2)C1. The number of aliphatic hydroxyl groups is 1. The predicted octanol–water partition coefficient (Wildman–Crippen LogP) is 1.81. The molecule has 0 amide bonds. The molecule has 2 atom stereocenters. The highest BCUT2D eigenvalue weighted by atomic mass is 16.4. The van der Waals surface area contributed by atoms with Crippen LogP contribution in [0.3, 0.4) is 0 Å². The smallest absolute Gasteiger partial charge is 0.337 e. The van der Waals surface area contributed by atoms with Gasteiger partial charge in [-0.15, -0.1) is 0 Å².